The highest BCUT2D eigenvalue weighted by atomic mass is 16.6. The van der Waals surface area contributed by atoms with Crippen LogP contribution in [0.2, 0.25) is 0 Å². The van der Waals surface area contributed by atoms with Gasteiger partial charge < -0.3 is 14.7 Å². The SMILES string of the molecule is CCCN(C(=O)OC(C)(C)C)[C@@H](C)CO. The lowest BCUT2D eigenvalue weighted by Crippen LogP contribution is -2.44. The van der Waals surface area contributed by atoms with Crippen LogP contribution >= 0.6 is 0 Å². The second-order valence-corrected chi connectivity index (χ2v) is 4.71. The van der Waals surface area contributed by atoms with Crippen molar-refractivity contribution in [2.75, 3.05) is 13.2 Å². The quantitative estimate of drug-likeness (QED) is 0.783. The van der Waals surface area contributed by atoms with E-state index in [2.05, 4.69) is 0 Å². The number of amides is 1. The molecule has 0 aromatic rings. The Labute approximate surface area is 92.2 Å². The fourth-order valence-corrected chi connectivity index (χ4v) is 1.15. The zero-order valence-corrected chi connectivity index (χ0v) is 10.4. The van der Waals surface area contributed by atoms with Crippen LogP contribution in [0.25, 0.3) is 0 Å². The van der Waals surface area contributed by atoms with Gasteiger partial charge in [-0.2, -0.15) is 0 Å². The molecule has 0 rings (SSSR count). The number of carbonyl (C=O) groups is 1. The van der Waals surface area contributed by atoms with E-state index in [0.29, 0.717) is 6.54 Å². The van der Waals surface area contributed by atoms with Crippen molar-refractivity contribution in [2.24, 2.45) is 0 Å². The summed E-state index contributed by atoms with van der Waals surface area (Å²) in [7, 11) is 0. The molecule has 0 aromatic carbocycles. The third kappa shape index (κ3) is 5.62. The number of aliphatic hydroxyl groups excluding tert-OH is 1. The minimum absolute atomic E-state index is 0.0424. The van der Waals surface area contributed by atoms with Gasteiger partial charge in [0.15, 0.2) is 0 Å². The normalized spacial score (nSPS) is 13.5. The minimum Gasteiger partial charge on any atom is -0.444 e. The van der Waals surface area contributed by atoms with Crippen LogP contribution in [0.1, 0.15) is 41.0 Å². The Morgan fingerprint density at radius 1 is 1.47 bits per heavy atom. The van der Waals surface area contributed by atoms with Gasteiger partial charge in [-0.25, -0.2) is 4.79 Å². The van der Waals surface area contributed by atoms with Crippen LogP contribution in [0.4, 0.5) is 4.79 Å². The third-order valence-electron chi connectivity index (χ3n) is 1.89. The van der Waals surface area contributed by atoms with E-state index in [0.717, 1.165) is 6.42 Å². The molecule has 0 spiro atoms. The summed E-state index contributed by atoms with van der Waals surface area (Å²) in [4.78, 5) is 13.3. The molecule has 0 bridgehead atoms. The molecule has 0 aliphatic heterocycles. The number of hydrogen-bond donors (Lipinski definition) is 1. The van der Waals surface area contributed by atoms with E-state index in [-0.39, 0.29) is 18.7 Å². The van der Waals surface area contributed by atoms with E-state index in [1.807, 2.05) is 27.7 Å². The van der Waals surface area contributed by atoms with Crippen molar-refractivity contribution < 1.29 is 14.6 Å². The molecule has 4 heteroatoms. The number of nitrogens with zero attached hydrogens (tertiary/aromatic N) is 1. The molecule has 0 aromatic heterocycles. The fourth-order valence-electron chi connectivity index (χ4n) is 1.15. The topological polar surface area (TPSA) is 49.8 Å². The van der Waals surface area contributed by atoms with Crippen molar-refractivity contribution in [3.8, 4) is 0 Å². The van der Waals surface area contributed by atoms with Crippen molar-refractivity contribution in [1.29, 1.82) is 0 Å². The molecule has 0 heterocycles. The Hall–Kier alpha value is -0.770. The molecule has 0 saturated carbocycles. The molecule has 1 amide bonds. The Balaban J connectivity index is 4.42. The van der Waals surface area contributed by atoms with E-state index in [1.165, 1.54) is 0 Å². The standard InChI is InChI=1S/C11H23NO3/c1-6-7-12(9(2)8-13)10(14)15-11(3,4)5/h9,13H,6-8H2,1-5H3/t9-/m0/s1. The van der Waals surface area contributed by atoms with Gasteiger partial charge in [-0.1, -0.05) is 6.92 Å². The average Bonchev–Trinajstić information content (AvgIpc) is 2.10. The van der Waals surface area contributed by atoms with Crippen LogP contribution in [0.5, 0.6) is 0 Å². The van der Waals surface area contributed by atoms with Gasteiger partial charge in [0.25, 0.3) is 0 Å². The first-order chi connectivity index (χ1) is 6.81. The smallest absolute Gasteiger partial charge is 0.410 e. The summed E-state index contributed by atoms with van der Waals surface area (Å²) < 4.78 is 5.25. The van der Waals surface area contributed by atoms with Crippen LogP contribution in [-0.2, 0) is 4.74 Å². The maximum atomic E-state index is 11.7. The first-order valence-corrected chi connectivity index (χ1v) is 5.42. The zero-order valence-electron chi connectivity index (χ0n) is 10.4. The highest BCUT2D eigenvalue weighted by molar-refractivity contribution is 5.68. The molecule has 1 N–H and O–H groups in total. The zero-order chi connectivity index (χ0) is 12.1. The molecule has 0 saturated heterocycles. The number of hydrogen-bond acceptors (Lipinski definition) is 3. The van der Waals surface area contributed by atoms with E-state index < -0.39 is 5.60 Å². The van der Waals surface area contributed by atoms with Crippen LogP contribution < -0.4 is 0 Å². The second kappa shape index (κ2) is 5.95. The first kappa shape index (κ1) is 14.2. The largest absolute Gasteiger partial charge is 0.444 e. The van der Waals surface area contributed by atoms with Crippen molar-refractivity contribution in [2.45, 2.75) is 52.7 Å². The summed E-state index contributed by atoms with van der Waals surface area (Å²) in [5, 5.41) is 9.03. The van der Waals surface area contributed by atoms with E-state index >= 15 is 0 Å². The predicted octanol–water partition coefficient (Wildman–Crippen LogP) is 2.01. The Morgan fingerprint density at radius 2 is 2.00 bits per heavy atom. The van der Waals surface area contributed by atoms with Gasteiger partial charge in [-0.15, -0.1) is 0 Å². The van der Waals surface area contributed by atoms with Crippen molar-refractivity contribution in [1.82, 2.24) is 4.90 Å². The Bertz CT molecular complexity index is 198. The number of ether oxygens (including phenoxy) is 1. The molecule has 1 atom stereocenters. The van der Waals surface area contributed by atoms with Crippen LogP contribution in [0.15, 0.2) is 0 Å². The lowest BCUT2D eigenvalue weighted by Gasteiger charge is -2.30. The first-order valence-electron chi connectivity index (χ1n) is 5.42. The molecular formula is C11H23NO3. The van der Waals surface area contributed by atoms with Gasteiger partial charge >= 0.3 is 6.09 Å². The molecule has 0 aliphatic carbocycles. The molecular weight excluding hydrogens is 194 g/mol. The average molecular weight is 217 g/mol. The number of aliphatic hydroxyl groups is 1. The Kier molecular flexibility index (Phi) is 5.65. The van der Waals surface area contributed by atoms with E-state index in [4.69, 9.17) is 9.84 Å². The fraction of sp³-hybridized carbons (Fsp3) is 0.909. The predicted molar refractivity (Wildman–Crippen MR) is 59.8 cm³/mol. The molecule has 4 nitrogen and oxygen atoms in total. The maximum absolute atomic E-state index is 11.7. The molecule has 0 fully saturated rings. The van der Waals surface area contributed by atoms with E-state index in [1.54, 1.807) is 11.8 Å². The lowest BCUT2D eigenvalue weighted by atomic mass is 10.2. The van der Waals surface area contributed by atoms with Crippen molar-refractivity contribution >= 4 is 6.09 Å². The van der Waals surface area contributed by atoms with Gasteiger partial charge in [0.2, 0.25) is 0 Å². The molecule has 0 unspecified atom stereocenters. The Morgan fingerprint density at radius 3 is 2.33 bits per heavy atom. The molecule has 90 valence electrons. The number of carbonyl (C=O) groups excluding carboxylic acids is 1. The van der Waals surface area contributed by atoms with Gasteiger partial charge in [0, 0.05) is 6.54 Å². The summed E-state index contributed by atoms with van der Waals surface area (Å²) in [5.74, 6) is 0. The number of rotatable bonds is 4. The lowest BCUT2D eigenvalue weighted by molar-refractivity contribution is 0.0116. The highest BCUT2D eigenvalue weighted by Crippen LogP contribution is 2.12. The molecule has 0 aliphatic rings. The molecule has 0 radical (unpaired) electrons. The van der Waals surface area contributed by atoms with Crippen molar-refractivity contribution in [3.63, 3.8) is 0 Å². The van der Waals surface area contributed by atoms with Gasteiger partial charge in [-0.05, 0) is 34.1 Å². The summed E-state index contributed by atoms with van der Waals surface area (Å²) in [5.41, 5.74) is -0.488. The summed E-state index contributed by atoms with van der Waals surface area (Å²) in [6, 6.07) is -0.195. The third-order valence-corrected chi connectivity index (χ3v) is 1.89. The summed E-state index contributed by atoms with van der Waals surface area (Å²) in [6.45, 7) is 9.85. The maximum Gasteiger partial charge on any atom is 0.410 e. The highest BCUT2D eigenvalue weighted by Gasteiger charge is 2.24. The summed E-state index contributed by atoms with van der Waals surface area (Å²) >= 11 is 0. The van der Waals surface area contributed by atoms with Gasteiger partial charge in [-0.3, -0.25) is 0 Å². The molecule has 15 heavy (non-hydrogen) atoms. The van der Waals surface area contributed by atoms with Crippen molar-refractivity contribution in [3.05, 3.63) is 0 Å². The van der Waals surface area contributed by atoms with E-state index in [9.17, 15) is 4.79 Å². The van der Waals surface area contributed by atoms with Crippen LogP contribution in [0.3, 0.4) is 0 Å². The summed E-state index contributed by atoms with van der Waals surface area (Å²) in [6.07, 6.45) is 0.495. The second-order valence-electron chi connectivity index (χ2n) is 4.71. The van der Waals surface area contributed by atoms with Gasteiger partial charge in [0.1, 0.15) is 5.60 Å². The van der Waals surface area contributed by atoms with Gasteiger partial charge in [0.05, 0.1) is 12.6 Å². The van der Waals surface area contributed by atoms with Crippen LogP contribution in [0, 0.1) is 0 Å². The minimum atomic E-state index is -0.488. The monoisotopic (exact) mass is 217 g/mol. The van der Waals surface area contributed by atoms with Crippen LogP contribution in [-0.4, -0.2) is 40.9 Å².